The van der Waals surface area contributed by atoms with Crippen LogP contribution in [0.3, 0.4) is 0 Å². The molecule has 0 unspecified atom stereocenters. The number of carboxylic acid groups (broad SMARTS) is 1. The number of hydrogen-bond acceptors (Lipinski definition) is 3. The van der Waals surface area contributed by atoms with E-state index in [-0.39, 0.29) is 11.6 Å². The Morgan fingerprint density at radius 2 is 2.08 bits per heavy atom. The second kappa shape index (κ2) is 3.06. The Kier molecular flexibility index (Phi) is 2.38. The number of carbonyl (C=O) groups excluding carboxylic acids is 1. The Morgan fingerprint density at radius 1 is 1.54 bits per heavy atom. The van der Waals surface area contributed by atoms with Crippen molar-refractivity contribution in [1.29, 1.82) is 0 Å². The molecule has 0 aromatic carbocycles. The van der Waals surface area contributed by atoms with E-state index in [0.717, 1.165) is 0 Å². The van der Waals surface area contributed by atoms with Crippen LogP contribution in [-0.2, 0) is 9.59 Å². The lowest BCUT2D eigenvalue weighted by atomic mass is 10.2. The maximum absolute atomic E-state index is 11.2. The second-order valence-electron chi connectivity index (χ2n) is 3.23. The highest BCUT2D eigenvalue weighted by Crippen LogP contribution is 2.40. The molecule has 0 fully saturated rings. The summed E-state index contributed by atoms with van der Waals surface area (Å²) in [5.41, 5.74) is 0.0579. The molecular weight excluding hydrogens is 190 g/mol. The Hall–Kier alpha value is -0.970. The van der Waals surface area contributed by atoms with Crippen molar-refractivity contribution in [3.05, 3.63) is 11.1 Å². The lowest BCUT2D eigenvalue weighted by Gasteiger charge is -2.30. The molecular formula is C8H11NO3S. The minimum Gasteiger partial charge on any atom is -0.477 e. The molecule has 1 amide bonds. The zero-order valence-corrected chi connectivity index (χ0v) is 8.51. The van der Waals surface area contributed by atoms with Crippen molar-refractivity contribution in [2.45, 2.75) is 25.6 Å². The molecule has 1 aliphatic rings. The van der Waals surface area contributed by atoms with Gasteiger partial charge in [0.25, 0.3) is 0 Å². The van der Waals surface area contributed by atoms with Gasteiger partial charge in [0.2, 0.25) is 5.91 Å². The van der Waals surface area contributed by atoms with E-state index in [2.05, 4.69) is 0 Å². The van der Waals surface area contributed by atoms with Crippen LogP contribution < -0.4 is 0 Å². The van der Waals surface area contributed by atoms with Gasteiger partial charge in [0.05, 0.1) is 4.87 Å². The zero-order valence-electron chi connectivity index (χ0n) is 7.70. The van der Waals surface area contributed by atoms with Gasteiger partial charge in [-0.05, 0) is 13.8 Å². The van der Waals surface area contributed by atoms with Gasteiger partial charge in [-0.25, -0.2) is 4.79 Å². The number of carboxylic acids is 1. The molecule has 0 aliphatic carbocycles. The minimum atomic E-state index is -1.06. The quantitative estimate of drug-likeness (QED) is 0.693. The molecule has 0 atom stereocenters. The monoisotopic (exact) mass is 201 g/mol. The Labute approximate surface area is 80.6 Å². The van der Waals surface area contributed by atoms with Crippen molar-refractivity contribution < 1.29 is 14.7 Å². The summed E-state index contributed by atoms with van der Waals surface area (Å²) < 4.78 is 0. The summed E-state index contributed by atoms with van der Waals surface area (Å²) in [6, 6.07) is 0. The van der Waals surface area contributed by atoms with E-state index in [0.29, 0.717) is 0 Å². The van der Waals surface area contributed by atoms with E-state index in [1.165, 1.54) is 29.0 Å². The fourth-order valence-corrected chi connectivity index (χ4v) is 2.23. The molecule has 72 valence electrons. The number of hydrogen-bond donors (Lipinski definition) is 1. The number of amides is 1. The molecule has 5 heteroatoms. The molecule has 0 aromatic rings. The third-order valence-corrected chi connectivity index (χ3v) is 2.87. The number of carbonyl (C=O) groups is 2. The van der Waals surface area contributed by atoms with E-state index in [4.69, 9.17) is 5.11 Å². The van der Waals surface area contributed by atoms with Crippen molar-refractivity contribution in [2.24, 2.45) is 0 Å². The highest BCUT2D eigenvalue weighted by atomic mass is 32.2. The van der Waals surface area contributed by atoms with Crippen molar-refractivity contribution in [2.75, 3.05) is 0 Å². The Balaban J connectivity index is 3.02. The Morgan fingerprint density at radius 3 is 2.38 bits per heavy atom. The highest BCUT2D eigenvalue weighted by molar-refractivity contribution is 8.03. The molecule has 1 heterocycles. The fraction of sp³-hybridized carbons (Fsp3) is 0.500. The van der Waals surface area contributed by atoms with Crippen molar-refractivity contribution in [1.82, 2.24) is 4.90 Å². The predicted molar refractivity (Wildman–Crippen MR) is 49.9 cm³/mol. The first-order chi connectivity index (χ1) is 5.86. The van der Waals surface area contributed by atoms with Crippen LogP contribution in [0.1, 0.15) is 20.8 Å². The van der Waals surface area contributed by atoms with Crippen LogP contribution in [0.15, 0.2) is 11.1 Å². The van der Waals surface area contributed by atoms with E-state index >= 15 is 0 Å². The lowest BCUT2D eigenvalue weighted by molar-refractivity contribution is -0.140. The van der Waals surface area contributed by atoms with Gasteiger partial charge < -0.3 is 5.11 Å². The summed E-state index contributed by atoms with van der Waals surface area (Å²) in [6.45, 7) is 4.99. The summed E-state index contributed by atoms with van der Waals surface area (Å²) in [6.07, 6.45) is 0. The average Bonchev–Trinajstić information content (AvgIpc) is 2.24. The maximum atomic E-state index is 11.2. The third-order valence-electron chi connectivity index (χ3n) is 1.77. The molecule has 1 aliphatic heterocycles. The first-order valence-electron chi connectivity index (χ1n) is 3.78. The molecule has 4 nitrogen and oxygen atoms in total. The van der Waals surface area contributed by atoms with Crippen molar-refractivity contribution >= 4 is 23.6 Å². The fourth-order valence-electron chi connectivity index (χ4n) is 1.29. The lowest BCUT2D eigenvalue weighted by Crippen LogP contribution is -2.41. The largest absolute Gasteiger partial charge is 0.477 e. The molecule has 0 spiro atoms. The number of rotatable bonds is 1. The van der Waals surface area contributed by atoms with E-state index < -0.39 is 10.8 Å². The summed E-state index contributed by atoms with van der Waals surface area (Å²) in [5.74, 6) is -1.31. The molecule has 1 N–H and O–H groups in total. The zero-order chi connectivity index (χ0) is 10.2. The van der Waals surface area contributed by atoms with Crippen LogP contribution in [0.2, 0.25) is 0 Å². The van der Waals surface area contributed by atoms with Crippen LogP contribution in [0.5, 0.6) is 0 Å². The number of thioether (sulfide) groups is 1. The van der Waals surface area contributed by atoms with Gasteiger partial charge in [0.15, 0.2) is 0 Å². The molecule has 0 aromatic heterocycles. The van der Waals surface area contributed by atoms with Gasteiger partial charge in [-0.15, -0.1) is 11.8 Å². The summed E-state index contributed by atoms with van der Waals surface area (Å²) in [4.78, 5) is 22.7. The van der Waals surface area contributed by atoms with E-state index in [1.807, 2.05) is 13.8 Å². The maximum Gasteiger partial charge on any atom is 0.353 e. The summed E-state index contributed by atoms with van der Waals surface area (Å²) >= 11 is 1.33. The molecule has 0 bridgehead atoms. The molecule has 0 radical (unpaired) electrons. The normalized spacial score (nSPS) is 19.9. The van der Waals surface area contributed by atoms with Gasteiger partial charge in [-0.2, -0.15) is 0 Å². The van der Waals surface area contributed by atoms with Crippen LogP contribution in [-0.4, -0.2) is 26.8 Å². The van der Waals surface area contributed by atoms with Gasteiger partial charge in [-0.3, -0.25) is 9.69 Å². The third kappa shape index (κ3) is 1.70. The molecule has 13 heavy (non-hydrogen) atoms. The second-order valence-corrected chi connectivity index (χ2v) is 4.70. The predicted octanol–water partition coefficient (Wildman–Crippen LogP) is 1.24. The number of nitrogens with zero attached hydrogens (tertiary/aromatic N) is 1. The van der Waals surface area contributed by atoms with Gasteiger partial charge in [0, 0.05) is 12.3 Å². The first-order valence-corrected chi connectivity index (χ1v) is 4.66. The Bertz CT molecular complexity index is 296. The van der Waals surface area contributed by atoms with Gasteiger partial charge in [-0.1, -0.05) is 0 Å². The average molecular weight is 201 g/mol. The SMILES string of the molecule is CC(=O)N1C(C(=O)O)=CSC1(C)C. The van der Waals surface area contributed by atoms with Crippen LogP contribution in [0.4, 0.5) is 0 Å². The van der Waals surface area contributed by atoms with E-state index in [9.17, 15) is 9.59 Å². The molecule has 1 rings (SSSR count). The molecule has 0 saturated carbocycles. The van der Waals surface area contributed by atoms with E-state index in [1.54, 1.807) is 0 Å². The standard InChI is InChI=1S/C8H11NO3S/c1-5(10)9-6(7(11)12)4-13-8(9,2)3/h4H,1-3H3,(H,11,12). The number of aliphatic carboxylic acids is 1. The highest BCUT2D eigenvalue weighted by Gasteiger charge is 2.39. The van der Waals surface area contributed by atoms with Gasteiger partial charge >= 0.3 is 5.97 Å². The van der Waals surface area contributed by atoms with Crippen LogP contribution in [0, 0.1) is 0 Å². The van der Waals surface area contributed by atoms with Crippen molar-refractivity contribution in [3.63, 3.8) is 0 Å². The van der Waals surface area contributed by atoms with Crippen LogP contribution in [0.25, 0.3) is 0 Å². The topological polar surface area (TPSA) is 57.6 Å². The van der Waals surface area contributed by atoms with Crippen LogP contribution >= 0.6 is 11.8 Å². The smallest absolute Gasteiger partial charge is 0.353 e. The first kappa shape index (κ1) is 10.1. The van der Waals surface area contributed by atoms with Crippen molar-refractivity contribution in [3.8, 4) is 0 Å². The summed E-state index contributed by atoms with van der Waals surface area (Å²) in [7, 11) is 0. The molecule has 0 saturated heterocycles. The summed E-state index contributed by atoms with van der Waals surface area (Å²) in [5, 5.41) is 10.3. The van der Waals surface area contributed by atoms with Gasteiger partial charge in [0.1, 0.15) is 5.70 Å². The minimum absolute atomic E-state index is 0.0579.